The van der Waals surface area contributed by atoms with E-state index >= 15 is 0 Å². The molecule has 1 aliphatic heterocycles. The van der Waals surface area contributed by atoms with Crippen LogP contribution in [0, 0.1) is 0 Å². The molecule has 0 radical (unpaired) electrons. The molecular formula is C8H12N2O2. The lowest BCUT2D eigenvalue weighted by atomic mass is 10.2. The van der Waals surface area contributed by atoms with Crippen molar-refractivity contribution in [3.8, 4) is 0 Å². The van der Waals surface area contributed by atoms with Crippen molar-refractivity contribution in [2.24, 2.45) is 10.7 Å². The van der Waals surface area contributed by atoms with Crippen molar-refractivity contribution in [3.63, 3.8) is 0 Å². The van der Waals surface area contributed by atoms with E-state index < -0.39 is 0 Å². The Hall–Kier alpha value is -1.09. The number of ether oxygens (including phenoxy) is 1. The number of aliphatic imine (C=N–C) groups is 1. The van der Waals surface area contributed by atoms with Crippen molar-refractivity contribution in [2.45, 2.75) is 12.5 Å². The van der Waals surface area contributed by atoms with E-state index in [1.807, 2.05) is 0 Å². The lowest BCUT2D eigenvalue weighted by Crippen LogP contribution is -2.21. The first-order valence-corrected chi connectivity index (χ1v) is 3.82. The summed E-state index contributed by atoms with van der Waals surface area (Å²) in [6.45, 7) is 0.627. The Morgan fingerprint density at radius 1 is 1.75 bits per heavy atom. The molecule has 0 fully saturated rings. The molecule has 0 bridgehead atoms. The van der Waals surface area contributed by atoms with Gasteiger partial charge in [0.1, 0.15) is 11.8 Å². The molecule has 0 spiro atoms. The predicted octanol–water partition coefficient (Wildman–Crippen LogP) is -0.206. The Morgan fingerprint density at radius 3 is 3.25 bits per heavy atom. The maximum absolute atomic E-state index is 8.49. The first kappa shape index (κ1) is 9.00. The van der Waals surface area contributed by atoms with Crippen molar-refractivity contribution < 1.29 is 9.84 Å². The summed E-state index contributed by atoms with van der Waals surface area (Å²) in [5, 5.41) is 8.49. The van der Waals surface area contributed by atoms with Crippen LogP contribution in [0.15, 0.2) is 23.0 Å². The van der Waals surface area contributed by atoms with Crippen molar-refractivity contribution in [2.75, 3.05) is 13.2 Å². The lowest BCUT2D eigenvalue weighted by molar-refractivity contribution is 0.0928. The van der Waals surface area contributed by atoms with E-state index in [1.54, 1.807) is 12.3 Å². The van der Waals surface area contributed by atoms with Gasteiger partial charge in [-0.2, -0.15) is 0 Å². The molecule has 3 N–H and O–H groups in total. The number of aliphatic hydroxyl groups is 1. The molecule has 0 aromatic heterocycles. The lowest BCUT2D eigenvalue weighted by Gasteiger charge is -2.13. The van der Waals surface area contributed by atoms with Gasteiger partial charge in [0.2, 0.25) is 0 Å². The molecule has 66 valence electrons. The van der Waals surface area contributed by atoms with Crippen LogP contribution in [0.2, 0.25) is 0 Å². The number of rotatable bonds is 4. The quantitative estimate of drug-likeness (QED) is 0.571. The van der Waals surface area contributed by atoms with Crippen LogP contribution in [0.25, 0.3) is 0 Å². The van der Waals surface area contributed by atoms with E-state index in [1.165, 1.54) is 0 Å². The number of hydrogen-bond donors (Lipinski definition) is 2. The minimum Gasteiger partial charge on any atom is -0.396 e. The van der Waals surface area contributed by atoms with Gasteiger partial charge in [0.15, 0.2) is 0 Å². The number of nitrogens with two attached hydrogens (primary N) is 1. The number of hydrogen-bond acceptors (Lipinski definition) is 4. The molecule has 0 saturated heterocycles. The zero-order chi connectivity index (χ0) is 8.81. The van der Waals surface area contributed by atoms with Crippen LogP contribution in [-0.4, -0.2) is 30.3 Å². The molecule has 4 nitrogen and oxygen atoms in total. The van der Waals surface area contributed by atoms with Gasteiger partial charge in [0.05, 0.1) is 6.61 Å². The highest BCUT2D eigenvalue weighted by molar-refractivity contribution is 5.61. The van der Waals surface area contributed by atoms with Crippen molar-refractivity contribution in [1.29, 1.82) is 0 Å². The van der Waals surface area contributed by atoms with Crippen molar-refractivity contribution >= 4 is 5.87 Å². The van der Waals surface area contributed by atoms with Crippen LogP contribution in [0.3, 0.4) is 0 Å². The second-order valence-corrected chi connectivity index (χ2v) is 2.41. The third-order valence-electron chi connectivity index (χ3n) is 1.44. The zero-order valence-corrected chi connectivity index (χ0v) is 6.73. The zero-order valence-electron chi connectivity index (χ0n) is 6.73. The predicted molar refractivity (Wildman–Crippen MR) is 45.7 cm³/mol. The van der Waals surface area contributed by atoms with E-state index in [9.17, 15) is 0 Å². The molecule has 0 amide bonds. The summed E-state index contributed by atoms with van der Waals surface area (Å²) in [7, 11) is 0. The Balaban J connectivity index is 2.33. The SMILES string of the molecule is NC1=C=NC=CC1OCCCO. The minimum atomic E-state index is -0.228. The second kappa shape index (κ2) is 4.72. The average molecular weight is 168 g/mol. The van der Waals surface area contributed by atoms with Gasteiger partial charge in [0, 0.05) is 18.7 Å². The molecule has 1 atom stereocenters. The van der Waals surface area contributed by atoms with E-state index in [4.69, 9.17) is 15.6 Å². The topological polar surface area (TPSA) is 67.8 Å². The molecule has 12 heavy (non-hydrogen) atoms. The van der Waals surface area contributed by atoms with E-state index in [0.717, 1.165) is 0 Å². The van der Waals surface area contributed by atoms with Gasteiger partial charge >= 0.3 is 0 Å². The van der Waals surface area contributed by atoms with Crippen LogP contribution in [0.4, 0.5) is 0 Å². The molecule has 4 heteroatoms. The minimum absolute atomic E-state index is 0.133. The Kier molecular flexibility index (Phi) is 3.54. The molecule has 1 rings (SSSR count). The Bertz CT molecular complexity index is 229. The second-order valence-electron chi connectivity index (χ2n) is 2.41. The molecular weight excluding hydrogens is 156 g/mol. The number of nitrogens with zero attached hydrogens (tertiary/aromatic N) is 1. The van der Waals surface area contributed by atoms with Crippen LogP contribution >= 0.6 is 0 Å². The van der Waals surface area contributed by atoms with E-state index in [2.05, 4.69) is 10.9 Å². The summed E-state index contributed by atoms with van der Waals surface area (Å²) in [4.78, 5) is 3.71. The van der Waals surface area contributed by atoms with Crippen LogP contribution in [0.5, 0.6) is 0 Å². The van der Waals surface area contributed by atoms with Gasteiger partial charge in [-0.05, 0) is 12.5 Å². The van der Waals surface area contributed by atoms with Crippen molar-refractivity contribution in [1.82, 2.24) is 0 Å². The van der Waals surface area contributed by atoms with Crippen LogP contribution < -0.4 is 5.73 Å². The molecule has 0 aromatic carbocycles. The molecule has 1 heterocycles. The summed E-state index contributed by atoms with van der Waals surface area (Å²) in [6, 6.07) is 0. The largest absolute Gasteiger partial charge is 0.396 e. The fraction of sp³-hybridized carbons (Fsp3) is 0.500. The first-order valence-electron chi connectivity index (χ1n) is 3.82. The van der Waals surface area contributed by atoms with Gasteiger partial charge in [0.25, 0.3) is 0 Å². The smallest absolute Gasteiger partial charge is 0.126 e. The summed E-state index contributed by atoms with van der Waals surface area (Å²) in [6.07, 6.45) is 3.74. The summed E-state index contributed by atoms with van der Waals surface area (Å²) in [5.74, 6) is 2.60. The first-order chi connectivity index (χ1) is 5.84. The molecule has 0 saturated carbocycles. The van der Waals surface area contributed by atoms with Gasteiger partial charge in [-0.25, -0.2) is 4.99 Å². The maximum Gasteiger partial charge on any atom is 0.126 e. The standard InChI is InChI=1S/C8H12N2O2/c9-7-6-10-3-2-8(7)12-5-1-4-11/h2-3,8,11H,1,4-5,9H2. The molecule has 0 aliphatic carbocycles. The summed E-state index contributed by atoms with van der Waals surface area (Å²) < 4.78 is 5.30. The van der Waals surface area contributed by atoms with E-state index in [0.29, 0.717) is 18.7 Å². The Morgan fingerprint density at radius 2 is 2.58 bits per heavy atom. The van der Waals surface area contributed by atoms with E-state index in [-0.39, 0.29) is 12.7 Å². The van der Waals surface area contributed by atoms with Crippen LogP contribution in [-0.2, 0) is 4.74 Å². The Labute approximate surface area is 71.1 Å². The van der Waals surface area contributed by atoms with Gasteiger partial charge in [-0.3, -0.25) is 0 Å². The molecule has 1 unspecified atom stereocenters. The van der Waals surface area contributed by atoms with Gasteiger partial charge in [-0.1, -0.05) is 0 Å². The highest BCUT2D eigenvalue weighted by Gasteiger charge is 2.09. The monoisotopic (exact) mass is 168 g/mol. The average Bonchev–Trinajstić information content (AvgIpc) is 2.09. The van der Waals surface area contributed by atoms with Crippen LogP contribution in [0.1, 0.15) is 6.42 Å². The third kappa shape index (κ3) is 2.51. The normalized spacial score (nSPS) is 21.1. The fourth-order valence-electron chi connectivity index (χ4n) is 0.820. The number of aliphatic hydroxyl groups excluding tert-OH is 1. The maximum atomic E-state index is 8.49. The third-order valence-corrected chi connectivity index (χ3v) is 1.44. The summed E-state index contributed by atoms with van der Waals surface area (Å²) in [5.41, 5.74) is 6.02. The summed E-state index contributed by atoms with van der Waals surface area (Å²) >= 11 is 0. The van der Waals surface area contributed by atoms with Crippen molar-refractivity contribution in [3.05, 3.63) is 18.0 Å². The molecule has 1 aliphatic rings. The molecule has 0 aromatic rings. The van der Waals surface area contributed by atoms with Gasteiger partial charge in [-0.15, -0.1) is 0 Å². The highest BCUT2D eigenvalue weighted by Crippen LogP contribution is 2.04. The van der Waals surface area contributed by atoms with Gasteiger partial charge < -0.3 is 15.6 Å². The fourth-order valence-corrected chi connectivity index (χ4v) is 0.820. The highest BCUT2D eigenvalue weighted by atomic mass is 16.5.